The van der Waals surface area contributed by atoms with Crippen molar-refractivity contribution < 1.29 is 19.1 Å². The second-order valence-corrected chi connectivity index (χ2v) is 4.68. The highest BCUT2D eigenvalue weighted by Gasteiger charge is 2.25. The van der Waals surface area contributed by atoms with Crippen LogP contribution in [0.1, 0.15) is 24.2 Å². The SMILES string of the molecule is CC(C)[C@@H](NC(=O)c1coc2ccccc12)C(=O)O. The molecule has 0 spiro atoms. The van der Waals surface area contributed by atoms with Crippen molar-refractivity contribution in [3.63, 3.8) is 0 Å². The van der Waals surface area contributed by atoms with E-state index in [1.807, 2.05) is 6.07 Å². The molecule has 0 unspecified atom stereocenters. The summed E-state index contributed by atoms with van der Waals surface area (Å²) in [7, 11) is 0. The third-order valence-electron chi connectivity index (χ3n) is 2.94. The highest BCUT2D eigenvalue weighted by Crippen LogP contribution is 2.20. The minimum absolute atomic E-state index is 0.195. The zero-order chi connectivity index (χ0) is 14.0. The van der Waals surface area contributed by atoms with Gasteiger partial charge in [-0.25, -0.2) is 4.79 Å². The molecule has 1 amide bonds. The minimum Gasteiger partial charge on any atom is -0.480 e. The van der Waals surface area contributed by atoms with Gasteiger partial charge < -0.3 is 14.8 Å². The summed E-state index contributed by atoms with van der Waals surface area (Å²) in [5.41, 5.74) is 0.951. The molecule has 2 N–H and O–H groups in total. The number of benzene rings is 1. The van der Waals surface area contributed by atoms with Gasteiger partial charge in [-0.2, -0.15) is 0 Å². The van der Waals surface area contributed by atoms with Crippen LogP contribution in [0, 0.1) is 5.92 Å². The fraction of sp³-hybridized carbons (Fsp3) is 0.286. The maximum Gasteiger partial charge on any atom is 0.326 e. The number of aliphatic carboxylic acids is 1. The first-order valence-corrected chi connectivity index (χ1v) is 6.00. The van der Waals surface area contributed by atoms with Crippen LogP contribution in [0.3, 0.4) is 0 Å². The van der Waals surface area contributed by atoms with E-state index in [0.29, 0.717) is 16.5 Å². The van der Waals surface area contributed by atoms with Crippen molar-refractivity contribution in [1.82, 2.24) is 5.32 Å². The van der Waals surface area contributed by atoms with E-state index in [1.165, 1.54) is 6.26 Å². The van der Waals surface area contributed by atoms with E-state index in [1.54, 1.807) is 32.0 Å². The number of amides is 1. The first kappa shape index (κ1) is 13.1. The third-order valence-corrected chi connectivity index (χ3v) is 2.94. The van der Waals surface area contributed by atoms with Gasteiger partial charge in [-0.05, 0) is 12.0 Å². The van der Waals surface area contributed by atoms with Crippen LogP contribution in [-0.2, 0) is 4.79 Å². The predicted molar refractivity (Wildman–Crippen MR) is 69.9 cm³/mol. The fourth-order valence-corrected chi connectivity index (χ4v) is 1.89. The number of hydrogen-bond acceptors (Lipinski definition) is 3. The molecule has 5 heteroatoms. The lowest BCUT2D eigenvalue weighted by molar-refractivity contribution is -0.140. The number of furan rings is 1. The summed E-state index contributed by atoms with van der Waals surface area (Å²) in [4.78, 5) is 23.2. The molecule has 0 radical (unpaired) electrons. The lowest BCUT2D eigenvalue weighted by Crippen LogP contribution is -2.44. The summed E-state index contributed by atoms with van der Waals surface area (Å²) in [6.07, 6.45) is 1.35. The van der Waals surface area contributed by atoms with Gasteiger partial charge in [-0.3, -0.25) is 4.79 Å². The average molecular weight is 261 g/mol. The molecule has 0 bridgehead atoms. The molecule has 1 aromatic heterocycles. The van der Waals surface area contributed by atoms with E-state index >= 15 is 0 Å². The van der Waals surface area contributed by atoms with Crippen LogP contribution >= 0.6 is 0 Å². The second kappa shape index (κ2) is 5.14. The van der Waals surface area contributed by atoms with Gasteiger partial charge in [0.15, 0.2) is 0 Å². The second-order valence-electron chi connectivity index (χ2n) is 4.68. The van der Waals surface area contributed by atoms with Crippen LogP contribution in [0.5, 0.6) is 0 Å². The van der Waals surface area contributed by atoms with Crippen molar-refractivity contribution in [3.8, 4) is 0 Å². The molecule has 0 fully saturated rings. The normalized spacial score (nSPS) is 12.6. The Kier molecular flexibility index (Phi) is 3.55. The van der Waals surface area contributed by atoms with Crippen molar-refractivity contribution in [2.75, 3.05) is 0 Å². The lowest BCUT2D eigenvalue weighted by atomic mass is 10.0. The Labute approximate surface area is 110 Å². The summed E-state index contributed by atoms with van der Waals surface area (Å²) >= 11 is 0. The van der Waals surface area contributed by atoms with Gasteiger partial charge in [-0.15, -0.1) is 0 Å². The van der Waals surface area contributed by atoms with Crippen molar-refractivity contribution in [3.05, 3.63) is 36.1 Å². The lowest BCUT2D eigenvalue weighted by Gasteiger charge is -2.17. The quantitative estimate of drug-likeness (QED) is 0.884. The van der Waals surface area contributed by atoms with E-state index in [2.05, 4.69) is 5.32 Å². The number of para-hydroxylation sites is 1. The Morgan fingerprint density at radius 1 is 1.26 bits per heavy atom. The molecule has 100 valence electrons. The largest absolute Gasteiger partial charge is 0.480 e. The maximum absolute atomic E-state index is 12.1. The Bertz CT molecular complexity index is 615. The molecule has 1 aromatic carbocycles. The third kappa shape index (κ3) is 2.59. The molecular weight excluding hydrogens is 246 g/mol. The maximum atomic E-state index is 12.1. The van der Waals surface area contributed by atoms with Crippen molar-refractivity contribution in [2.24, 2.45) is 5.92 Å². The first-order valence-electron chi connectivity index (χ1n) is 6.00. The number of carboxylic acids is 1. The van der Waals surface area contributed by atoms with E-state index in [-0.39, 0.29) is 5.92 Å². The zero-order valence-corrected chi connectivity index (χ0v) is 10.7. The van der Waals surface area contributed by atoms with Crippen molar-refractivity contribution in [2.45, 2.75) is 19.9 Å². The number of carboxylic acid groups (broad SMARTS) is 1. The molecule has 1 atom stereocenters. The van der Waals surface area contributed by atoms with Crippen LogP contribution in [0.25, 0.3) is 11.0 Å². The van der Waals surface area contributed by atoms with Crippen LogP contribution in [-0.4, -0.2) is 23.0 Å². The van der Waals surface area contributed by atoms with Gasteiger partial charge >= 0.3 is 5.97 Å². The molecule has 0 aliphatic rings. The number of carbonyl (C=O) groups is 2. The van der Waals surface area contributed by atoms with E-state index < -0.39 is 17.9 Å². The first-order chi connectivity index (χ1) is 9.00. The van der Waals surface area contributed by atoms with E-state index in [0.717, 1.165) is 0 Å². The summed E-state index contributed by atoms with van der Waals surface area (Å²) in [5.74, 6) is -1.68. The molecule has 0 aliphatic heterocycles. The predicted octanol–water partition coefficient (Wildman–Crippen LogP) is 2.27. The summed E-state index contributed by atoms with van der Waals surface area (Å²) in [5, 5.41) is 12.3. The Morgan fingerprint density at radius 3 is 2.58 bits per heavy atom. The van der Waals surface area contributed by atoms with Gasteiger partial charge in [0.2, 0.25) is 0 Å². The molecule has 2 aromatic rings. The number of hydrogen-bond donors (Lipinski definition) is 2. The Hall–Kier alpha value is -2.30. The van der Waals surface area contributed by atoms with Crippen LogP contribution in [0.2, 0.25) is 0 Å². The Morgan fingerprint density at radius 2 is 1.95 bits per heavy atom. The smallest absolute Gasteiger partial charge is 0.326 e. The molecule has 1 heterocycles. The Balaban J connectivity index is 2.27. The van der Waals surface area contributed by atoms with Gasteiger partial charge in [0.25, 0.3) is 5.91 Å². The van der Waals surface area contributed by atoms with Gasteiger partial charge in [0.1, 0.15) is 17.9 Å². The monoisotopic (exact) mass is 261 g/mol. The number of rotatable bonds is 4. The number of carbonyl (C=O) groups excluding carboxylic acids is 1. The van der Waals surface area contributed by atoms with Crippen LogP contribution < -0.4 is 5.32 Å². The van der Waals surface area contributed by atoms with E-state index in [4.69, 9.17) is 9.52 Å². The number of fused-ring (bicyclic) bond motifs is 1. The molecule has 0 saturated heterocycles. The topological polar surface area (TPSA) is 79.5 Å². The summed E-state index contributed by atoms with van der Waals surface area (Å²) in [6, 6.07) is 6.21. The highest BCUT2D eigenvalue weighted by molar-refractivity contribution is 6.06. The fourth-order valence-electron chi connectivity index (χ4n) is 1.89. The summed E-state index contributed by atoms with van der Waals surface area (Å²) < 4.78 is 5.26. The molecule has 19 heavy (non-hydrogen) atoms. The van der Waals surface area contributed by atoms with Gasteiger partial charge in [0, 0.05) is 5.39 Å². The molecule has 0 aliphatic carbocycles. The highest BCUT2D eigenvalue weighted by atomic mass is 16.4. The van der Waals surface area contributed by atoms with Crippen LogP contribution in [0.4, 0.5) is 0 Å². The van der Waals surface area contributed by atoms with Crippen molar-refractivity contribution >= 4 is 22.8 Å². The minimum atomic E-state index is -1.05. The standard InChI is InChI=1S/C14H15NO4/c1-8(2)12(14(17)18)15-13(16)10-7-19-11-6-4-3-5-9(10)11/h3-8,12H,1-2H3,(H,15,16)(H,17,18)/t12-/m1/s1. The molecule has 5 nitrogen and oxygen atoms in total. The van der Waals surface area contributed by atoms with Crippen molar-refractivity contribution in [1.29, 1.82) is 0 Å². The average Bonchev–Trinajstić information content (AvgIpc) is 2.78. The zero-order valence-electron chi connectivity index (χ0n) is 10.7. The van der Waals surface area contributed by atoms with Gasteiger partial charge in [0.05, 0.1) is 5.56 Å². The van der Waals surface area contributed by atoms with Gasteiger partial charge in [-0.1, -0.05) is 32.0 Å². The van der Waals surface area contributed by atoms with Crippen LogP contribution in [0.15, 0.2) is 34.9 Å². The molecule has 2 rings (SSSR count). The molecular formula is C14H15NO4. The molecule has 0 saturated carbocycles. The number of nitrogens with one attached hydrogen (secondary N) is 1. The van der Waals surface area contributed by atoms with E-state index in [9.17, 15) is 9.59 Å². The summed E-state index contributed by atoms with van der Waals surface area (Å²) in [6.45, 7) is 3.49.